The van der Waals surface area contributed by atoms with Crippen LogP contribution < -0.4 is 0 Å². The molecule has 0 unspecified atom stereocenters. The lowest BCUT2D eigenvalue weighted by Crippen LogP contribution is -2.34. The summed E-state index contributed by atoms with van der Waals surface area (Å²) in [5.41, 5.74) is 4.82. The van der Waals surface area contributed by atoms with E-state index in [9.17, 15) is 4.39 Å². The standard InChI is InChI=1S/C25H32FN3/c1-5-24-27-22-16-20(26)10-11-23(22)29(24)21-12-14-28(15-13-21)17-18-6-8-19(9-7-18)25(2,3)4/h6-11,16,21H,5,12-15,17H2,1-4H3. The Morgan fingerprint density at radius 3 is 2.34 bits per heavy atom. The van der Waals surface area contributed by atoms with E-state index >= 15 is 0 Å². The Balaban J connectivity index is 1.44. The summed E-state index contributed by atoms with van der Waals surface area (Å²) in [7, 11) is 0. The summed E-state index contributed by atoms with van der Waals surface area (Å²) in [5.74, 6) is 0.860. The Morgan fingerprint density at radius 2 is 1.72 bits per heavy atom. The third-order valence-electron chi connectivity index (χ3n) is 6.19. The Morgan fingerprint density at radius 1 is 1.03 bits per heavy atom. The minimum absolute atomic E-state index is 0.199. The number of nitrogens with zero attached hydrogens (tertiary/aromatic N) is 3. The number of aryl methyl sites for hydroxylation is 1. The van der Waals surface area contributed by atoms with Crippen molar-refractivity contribution >= 4 is 11.0 Å². The first-order chi connectivity index (χ1) is 13.8. The smallest absolute Gasteiger partial charge is 0.125 e. The maximum atomic E-state index is 13.6. The predicted molar refractivity (Wildman–Crippen MR) is 118 cm³/mol. The summed E-state index contributed by atoms with van der Waals surface area (Å²) in [4.78, 5) is 7.24. The highest BCUT2D eigenvalue weighted by Gasteiger charge is 2.24. The van der Waals surface area contributed by atoms with Crippen LogP contribution in [-0.2, 0) is 18.4 Å². The van der Waals surface area contributed by atoms with Crippen molar-refractivity contribution in [2.45, 2.75) is 65.0 Å². The maximum Gasteiger partial charge on any atom is 0.125 e. The van der Waals surface area contributed by atoms with E-state index in [0.717, 1.165) is 55.8 Å². The molecule has 2 heterocycles. The molecule has 154 valence electrons. The van der Waals surface area contributed by atoms with Gasteiger partial charge in [-0.25, -0.2) is 9.37 Å². The Hall–Kier alpha value is -2.20. The van der Waals surface area contributed by atoms with Gasteiger partial charge < -0.3 is 4.57 Å². The fraction of sp³-hybridized carbons (Fsp3) is 0.480. The Bertz CT molecular complexity index is 974. The first-order valence-corrected chi connectivity index (χ1v) is 10.8. The van der Waals surface area contributed by atoms with Crippen LogP contribution in [0.5, 0.6) is 0 Å². The molecule has 0 radical (unpaired) electrons. The molecule has 1 aliphatic rings. The van der Waals surface area contributed by atoms with Crippen molar-refractivity contribution in [2.75, 3.05) is 13.1 Å². The van der Waals surface area contributed by atoms with Gasteiger partial charge in [0.15, 0.2) is 0 Å². The Labute approximate surface area is 173 Å². The second-order valence-corrected chi connectivity index (χ2v) is 9.34. The van der Waals surface area contributed by atoms with E-state index in [1.54, 1.807) is 12.1 Å². The summed E-state index contributed by atoms with van der Waals surface area (Å²) in [5, 5.41) is 0. The van der Waals surface area contributed by atoms with Crippen LogP contribution in [0.1, 0.15) is 63.5 Å². The van der Waals surface area contributed by atoms with E-state index in [0.29, 0.717) is 6.04 Å². The van der Waals surface area contributed by atoms with Crippen LogP contribution in [0.3, 0.4) is 0 Å². The summed E-state index contributed by atoms with van der Waals surface area (Å²) < 4.78 is 16.0. The third kappa shape index (κ3) is 4.23. The zero-order chi connectivity index (χ0) is 20.6. The van der Waals surface area contributed by atoms with Gasteiger partial charge in [-0.3, -0.25) is 4.90 Å². The number of imidazole rings is 1. The molecule has 1 fully saturated rings. The fourth-order valence-corrected chi connectivity index (χ4v) is 4.48. The summed E-state index contributed by atoms with van der Waals surface area (Å²) in [6, 6.07) is 14.5. The highest BCUT2D eigenvalue weighted by molar-refractivity contribution is 5.76. The lowest BCUT2D eigenvalue weighted by molar-refractivity contribution is 0.180. The van der Waals surface area contributed by atoms with Crippen LogP contribution in [0.2, 0.25) is 0 Å². The number of piperidine rings is 1. The molecule has 4 rings (SSSR count). The van der Waals surface area contributed by atoms with Crippen LogP contribution in [0, 0.1) is 5.82 Å². The number of fused-ring (bicyclic) bond motifs is 1. The molecule has 0 amide bonds. The summed E-state index contributed by atoms with van der Waals surface area (Å²) in [6.45, 7) is 12.1. The van der Waals surface area contributed by atoms with Gasteiger partial charge in [0.1, 0.15) is 11.6 Å². The van der Waals surface area contributed by atoms with Crippen molar-refractivity contribution in [3.63, 3.8) is 0 Å². The van der Waals surface area contributed by atoms with Gasteiger partial charge >= 0.3 is 0 Å². The van der Waals surface area contributed by atoms with Crippen LogP contribution >= 0.6 is 0 Å². The molecule has 2 aromatic carbocycles. The molecule has 1 aromatic heterocycles. The molecule has 29 heavy (non-hydrogen) atoms. The first kappa shape index (κ1) is 20.1. The van der Waals surface area contributed by atoms with Gasteiger partial charge in [0.05, 0.1) is 11.0 Å². The van der Waals surface area contributed by atoms with E-state index in [-0.39, 0.29) is 11.2 Å². The van der Waals surface area contributed by atoms with Gasteiger partial charge in [-0.15, -0.1) is 0 Å². The second kappa shape index (κ2) is 7.91. The van der Waals surface area contributed by atoms with Gasteiger partial charge in [0.25, 0.3) is 0 Å². The molecule has 0 bridgehead atoms. The van der Waals surface area contributed by atoms with E-state index in [4.69, 9.17) is 4.98 Å². The lowest BCUT2D eigenvalue weighted by atomic mass is 9.86. The van der Waals surface area contributed by atoms with Crippen molar-refractivity contribution in [2.24, 2.45) is 0 Å². The fourth-order valence-electron chi connectivity index (χ4n) is 4.48. The van der Waals surface area contributed by atoms with Crippen molar-refractivity contribution in [3.05, 3.63) is 65.2 Å². The highest BCUT2D eigenvalue weighted by atomic mass is 19.1. The molecule has 0 saturated carbocycles. The van der Waals surface area contributed by atoms with Crippen molar-refractivity contribution in [3.8, 4) is 0 Å². The van der Waals surface area contributed by atoms with Gasteiger partial charge in [-0.05, 0) is 41.5 Å². The molecule has 0 spiro atoms. The van der Waals surface area contributed by atoms with Crippen molar-refractivity contribution in [1.82, 2.24) is 14.5 Å². The number of hydrogen-bond donors (Lipinski definition) is 0. The Kier molecular flexibility index (Phi) is 5.48. The second-order valence-electron chi connectivity index (χ2n) is 9.34. The molecule has 0 aliphatic carbocycles. The highest BCUT2D eigenvalue weighted by Crippen LogP contribution is 2.30. The van der Waals surface area contributed by atoms with Crippen molar-refractivity contribution in [1.29, 1.82) is 0 Å². The molecule has 4 heteroatoms. The zero-order valence-corrected chi connectivity index (χ0v) is 18.1. The topological polar surface area (TPSA) is 21.1 Å². The largest absolute Gasteiger partial charge is 0.325 e. The minimum Gasteiger partial charge on any atom is -0.325 e. The molecular weight excluding hydrogens is 361 g/mol. The van der Waals surface area contributed by atoms with E-state index in [1.807, 2.05) is 6.07 Å². The number of aromatic nitrogens is 2. The van der Waals surface area contributed by atoms with Crippen LogP contribution in [-0.4, -0.2) is 27.5 Å². The number of rotatable bonds is 4. The maximum absolute atomic E-state index is 13.6. The molecule has 1 aliphatic heterocycles. The zero-order valence-electron chi connectivity index (χ0n) is 18.1. The summed E-state index contributed by atoms with van der Waals surface area (Å²) in [6.07, 6.45) is 3.09. The number of hydrogen-bond acceptors (Lipinski definition) is 2. The van der Waals surface area contributed by atoms with Crippen molar-refractivity contribution < 1.29 is 4.39 Å². The van der Waals surface area contributed by atoms with Gasteiger partial charge in [-0.1, -0.05) is 52.0 Å². The van der Waals surface area contributed by atoms with E-state index in [1.165, 1.54) is 11.1 Å². The van der Waals surface area contributed by atoms with Crippen LogP contribution in [0.4, 0.5) is 4.39 Å². The van der Waals surface area contributed by atoms with Gasteiger partial charge in [0, 0.05) is 38.2 Å². The number of halogens is 1. The SMILES string of the molecule is CCc1nc2cc(F)ccc2n1C1CCN(Cc2ccc(C(C)(C)C)cc2)CC1. The van der Waals surface area contributed by atoms with Crippen LogP contribution in [0.15, 0.2) is 42.5 Å². The average Bonchev–Trinajstić information content (AvgIpc) is 3.06. The van der Waals surface area contributed by atoms with E-state index in [2.05, 4.69) is 61.4 Å². The molecule has 0 atom stereocenters. The molecular formula is C25H32FN3. The minimum atomic E-state index is -0.211. The van der Waals surface area contributed by atoms with E-state index < -0.39 is 0 Å². The molecule has 1 saturated heterocycles. The first-order valence-electron chi connectivity index (χ1n) is 10.8. The summed E-state index contributed by atoms with van der Waals surface area (Å²) >= 11 is 0. The number of likely N-dealkylation sites (tertiary alicyclic amines) is 1. The van der Waals surface area contributed by atoms with Gasteiger partial charge in [0.2, 0.25) is 0 Å². The monoisotopic (exact) mass is 393 g/mol. The quantitative estimate of drug-likeness (QED) is 0.552. The molecule has 0 N–H and O–H groups in total. The molecule has 3 nitrogen and oxygen atoms in total. The average molecular weight is 394 g/mol. The normalized spacial score (nSPS) is 16.6. The third-order valence-corrected chi connectivity index (χ3v) is 6.19. The van der Waals surface area contributed by atoms with Gasteiger partial charge in [-0.2, -0.15) is 0 Å². The number of benzene rings is 2. The lowest BCUT2D eigenvalue weighted by Gasteiger charge is -2.33. The molecule has 3 aromatic rings. The van der Waals surface area contributed by atoms with Crippen LogP contribution in [0.25, 0.3) is 11.0 Å². The predicted octanol–water partition coefficient (Wildman–Crippen LogP) is 5.87.